The maximum atomic E-state index is 9.79. The van der Waals surface area contributed by atoms with Crippen LogP contribution in [0.3, 0.4) is 0 Å². The Bertz CT molecular complexity index is 357. The fourth-order valence-corrected chi connectivity index (χ4v) is 2.71. The van der Waals surface area contributed by atoms with Crippen molar-refractivity contribution >= 4 is 7.05 Å². The van der Waals surface area contributed by atoms with Crippen molar-refractivity contribution in [1.82, 2.24) is 4.81 Å². The summed E-state index contributed by atoms with van der Waals surface area (Å²) in [4.78, 5) is 1.95. The van der Waals surface area contributed by atoms with Crippen molar-refractivity contribution in [3.05, 3.63) is 35.9 Å². The molecule has 0 bridgehead atoms. The lowest BCUT2D eigenvalue weighted by atomic mass is 9.77. The molecule has 1 heterocycles. The van der Waals surface area contributed by atoms with Crippen LogP contribution in [0.1, 0.15) is 18.9 Å². The van der Waals surface area contributed by atoms with Crippen LogP contribution in [0.5, 0.6) is 0 Å². The van der Waals surface area contributed by atoms with E-state index in [0.717, 1.165) is 5.56 Å². The lowest BCUT2D eigenvalue weighted by molar-refractivity contribution is 0.185. The van der Waals surface area contributed by atoms with Crippen molar-refractivity contribution in [2.24, 2.45) is 0 Å². The molecule has 1 aliphatic rings. The van der Waals surface area contributed by atoms with Gasteiger partial charge in [-0.1, -0.05) is 30.3 Å². The molecule has 4 heteroatoms. The molecule has 1 aromatic carbocycles. The summed E-state index contributed by atoms with van der Waals surface area (Å²) in [5.74, 6) is 0. The Morgan fingerprint density at radius 2 is 2.00 bits per heavy atom. The van der Waals surface area contributed by atoms with Crippen molar-refractivity contribution < 1.29 is 10.1 Å². The SMILES string of the molecule is CB(O)N1CC(O)CC1(C)c1ccccc1. The number of aliphatic hydroxyl groups is 1. The first-order valence-corrected chi connectivity index (χ1v) is 5.72. The predicted octanol–water partition coefficient (Wildman–Crippen LogP) is 1.08. The number of hydrogen-bond donors (Lipinski definition) is 2. The number of rotatable bonds is 2. The van der Waals surface area contributed by atoms with Gasteiger partial charge in [0.2, 0.25) is 0 Å². The molecule has 2 N–H and O–H groups in total. The maximum absolute atomic E-state index is 9.79. The zero-order chi connectivity index (χ0) is 11.8. The second-order valence-corrected chi connectivity index (χ2v) is 4.78. The fourth-order valence-electron chi connectivity index (χ4n) is 2.71. The van der Waals surface area contributed by atoms with E-state index < -0.39 is 7.05 Å². The van der Waals surface area contributed by atoms with E-state index in [9.17, 15) is 10.1 Å². The van der Waals surface area contributed by atoms with Crippen molar-refractivity contribution in [1.29, 1.82) is 0 Å². The minimum atomic E-state index is -0.539. The third kappa shape index (κ3) is 1.88. The summed E-state index contributed by atoms with van der Waals surface area (Å²) in [6.07, 6.45) is 0.307. The molecular weight excluding hydrogens is 201 g/mol. The van der Waals surface area contributed by atoms with Crippen LogP contribution < -0.4 is 0 Å². The van der Waals surface area contributed by atoms with Gasteiger partial charge in [-0.05, 0) is 25.7 Å². The van der Waals surface area contributed by atoms with Crippen LogP contribution in [-0.4, -0.2) is 34.6 Å². The summed E-state index contributed by atoms with van der Waals surface area (Å²) in [5, 5.41) is 19.6. The smallest absolute Gasteiger partial charge is 0.377 e. The van der Waals surface area contributed by atoms with E-state index in [1.54, 1.807) is 6.82 Å². The maximum Gasteiger partial charge on any atom is 0.377 e. The highest BCUT2D eigenvalue weighted by Gasteiger charge is 2.45. The molecule has 16 heavy (non-hydrogen) atoms. The normalized spacial score (nSPS) is 30.6. The Morgan fingerprint density at radius 3 is 2.56 bits per heavy atom. The number of benzene rings is 1. The number of aliphatic hydroxyl groups excluding tert-OH is 1. The zero-order valence-electron chi connectivity index (χ0n) is 9.80. The summed E-state index contributed by atoms with van der Waals surface area (Å²) in [6, 6.07) is 10.1. The van der Waals surface area contributed by atoms with Gasteiger partial charge in [-0.25, -0.2) is 0 Å². The van der Waals surface area contributed by atoms with E-state index in [1.165, 1.54) is 0 Å². The van der Waals surface area contributed by atoms with E-state index in [1.807, 2.05) is 35.1 Å². The van der Waals surface area contributed by atoms with Crippen LogP contribution in [0.2, 0.25) is 6.82 Å². The molecule has 0 aromatic heterocycles. The highest BCUT2D eigenvalue weighted by atomic mass is 16.3. The Balaban J connectivity index is 2.36. The van der Waals surface area contributed by atoms with Crippen LogP contribution in [0.15, 0.2) is 30.3 Å². The van der Waals surface area contributed by atoms with E-state index in [-0.39, 0.29) is 11.6 Å². The molecule has 1 aliphatic heterocycles. The van der Waals surface area contributed by atoms with Crippen molar-refractivity contribution in [2.45, 2.75) is 31.8 Å². The third-order valence-electron chi connectivity index (χ3n) is 3.52. The molecule has 1 aromatic rings. The van der Waals surface area contributed by atoms with Gasteiger partial charge in [0.05, 0.1) is 6.10 Å². The lowest BCUT2D eigenvalue weighted by Gasteiger charge is -2.36. The van der Waals surface area contributed by atoms with Crippen LogP contribution in [0, 0.1) is 0 Å². The Kier molecular flexibility index (Phi) is 3.06. The van der Waals surface area contributed by atoms with E-state index >= 15 is 0 Å². The Labute approximate surface area is 96.8 Å². The van der Waals surface area contributed by atoms with Crippen LogP contribution in [0.4, 0.5) is 0 Å². The second kappa shape index (κ2) is 4.20. The summed E-state index contributed by atoms with van der Waals surface area (Å²) >= 11 is 0. The van der Waals surface area contributed by atoms with Gasteiger partial charge in [-0.15, -0.1) is 0 Å². The Morgan fingerprint density at radius 1 is 1.38 bits per heavy atom. The molecule has 2 unspecified atom stereocenters. The van der Waals surface area contributed by atoms with Crippen LogP contribution >= 0.6 is 0 Å². The summed E-state index contributed by atoms with van der Waals surface area (Å²) in [7, 11) is -0.539. The first-order chi connectivity index (χ1) is 7.54. The molecule has 3 nitrogen and oxygen atoms in total. The molecule has 0 spiro atoms. The Hall–Kier alpha value is -0.835. The highest BCUT2D eigenvalue weighted by Crippen LogP contribution is 2.38. The van der Waals surface area contributed by atoms with Gasteiger partial charge in [0.15, 0.2) is 0 Å². The van der Waals surface area contributed by atoms with E-state index in [4.69, 9.17) is 0 Å². The molecule has 86 valence electrons. The predicted molar refractivity (Wildman–Crippen MR) is 65.0 cm³/mol. The van der Waals surface area contributed by atoms with Gasteiger partial charge < -0.3 is 14.9 Å². The molecule has 0 saturated carbocycles. The molecule has 1 fully saturated rings. The van der Waals surface area contributed by atoms with E-state index in [2.05, 4.69) is 6.92 Å². The van der Waals surface area contributed by atoms with Gasteiger partial charge in [-0.2, -0.15) is 0 Å². The molecule has 2 atom stereocenters. The number of hydrogen-bond acceptors (Lipinski definition) is 3. The molecule has 2 rings (SSSR count). The third-order valence-corrected chi connectivity index (χ3v) is 3.52. The van der Waals surface area contributed by atoms with Gasteiger partial charge in [0.1, 0.15) is 0 Å². The minimum Gasteiger partial charge on any atom is -0.437 e. The summed E-state index contributed by atoms with van der Waals surface area (Å²) in [6.45, 7) is 4.35. The number of β-amino-alcohol motifs (C(OH)–C–C–N with tert-alkyl or cyclic N) is 1. The average molecular weight is 219 g/mol. The van der Waals surface area contributed by atoms with Gasteiger partial charge in [-0.3, -0.25) is 0 Å². The monoisotopic (exact) mass is 219 g/mol. The minimum absolute atomic E-state index is 0.269. The highest BCUT2D eigenvalue weighted by molar-refractivity contribution is 6.45. The van der Waals surface area contributed by atoms with Gasteiger partial charge in [0, 0.05) is 12.1 Å². The quantitative estimate of drug-likeness (QED) is 0.731. The molecule has 0 aliphatic carbocycles. The molecule has 1 saturated heterocycles. The first-order valence-electron chi connectivity index (χ1n) is 5.72. The second-order valence-electron chi connectivity index (χ2n) is 4.78. The molecule has 0 radical (unpaired) electrons. The molecular formula is C12H18BNO2. The van der Waals surface area contributed by atoms with Gasteiger partial charge >= 0.3 is 7.05 Å². The van der Waals surface area contributed by atoms with Crippen LogP contribution in [0.25, 0.3) is 0 Å². The fraction of sp³-hybridized carbons (Fsp3) is 0.500. The average Bonchev–Trinajstić information content (AvgIpc) is 2.57. The standard InChI is InChI=1S/C12H18BNO2/c1-12(10-6-4-3-5-7-10)8-11(15)9-14(12)13(2)16/h3-7,11,15-16H,8-9H2,1-2H3. The number of nitrogens with zero attached hydrogens (tertiary/aromatic N) is 1. The van der Waals surface area contributed by atoms with Crippen molar-refractivity contribution in [3.63, 3.8) is 0 Å². The van der Waals surface area contributed by atoms with Crippen molar-refractivity contribution in [2.75, 3.05) is 6.54 Å². The van der Waals surface area contributed by atoms with Crippen LogP contribution in [-0.2, 0) is 5.54 Å². The van der Waals surface area contributed by atoms with E-state index in [0.29, 0.717) is 13.0 Å². The molecule has 0 amide bonds. The van der Waals surface area contributed by atoms with Crippen molar-refractivity contribution in [3.8, 4) is 0 Å². The van der Waals surface area contributed by atoms with Gasteiger partial charge in [0.25, 0.3) is 0 Å². The topological polar surface area (TPSA) is 43.7 Å². The largest absolute Gasteiger partial charge is 0.437 e. The first kappa shape index (κ1) is 11.6. The summed E-state index contributed by atoms with van der Waals surface area (Å²) < 4.78 is 0. The zero-order valence-corrected chi connectivity index (χ0v) is 9.80. The lowest BCUT2D eigenvalue weighted by Crippen LogP contribution is -2.47. The summed E-state index contributed by atoms with van der Waals surface area (Å²) in [5.41, 5.74) is 0.877.